The van der Waals surface area contributed by atoms with E-state index in [2.05, 4.69) is 16.3 Å². The number of hydrogen-bond acceptors (Lipinski definition) is 5. The Hall–Kier alpha value is -3.22. The number of methoxy groups -OCH3 is 1. The number of sulfonamides is 1. The van der Waals surface area contributed by atoms with Crippen LogP contribution < -0.4 is 9.88 Å². The number of benzene rings is 2. The lowest BCUT2D eigenvalue weighted by molar-refractivity contribution is 0.386. The molecule has 2 aromatic carbocycles. The van der Waals surface area contributed by atoms with Crippen molar-refractivity contribution < 1.29 is 17.5 Å². The van der Waals surface area contributed by atoms with Crippen molar-refractivity contribution in [2.45, 2.75) is 17.7 Å². The van der Waals surface area contributed by atoms with Crippen LogP contribution in [-0.4, -0.2) is 25.7 Å². The van der Waals surface area contributed by atoms with Crippen molar-refractivity contribution in [3.63, 3.8) is 0 Å². The molecule has 3 rings (SSSR count). The SMILES string of the molecule is COc1ccc(-c2c(-c3ccc(S(N)(=O)=O)cc3)n[nH]c2CCC#N)cc1F. The number of ether oxygens (including phenoxy) is 1. The standard InChI is InChI=1S/C19H17FN4O3S/c1-27-17-9-6-13(11-15(17)20)18-16(3-2-10-21)23-24-19(18)12-4-7-14(8-5-12)28(22,25)26/h4-9,11H,2-3H2,1H3,(H,23,24)(H2,22,25,26). The van der Waals surface area contributed by atoms with Gasteiger partial charge in [0.1, 0.15) is 5.69 Å². The summed E-state index contributed by atoms with van der Waals surface area (Å²) in [5, 5.41) is 21.3. The van der Waals surface area contributed by atoms with Gasteiger partial charge in [-0.05, 0) is 29.8 Å². The highest BCUT2D eigenvalue weighted by molar-refractivity contribution is 7.89. The fourth-order valence-corrected chi connectivity index (χ4v) is 3.40. The molecule has 0 aliphatic carbocycles. The Labute approximate surface area is 161 Å². The summed E-state index contributed by atoms with van der Waals surface area (Å²) in [6, 6.07) is 12.5. The van der Waals surface area contributed by atoms with Crippen LogP contribution in [0, 0.1) is 17.1 Å². The number of nitriles is 1. The minimum Gasteiger partial charge on any atom is -0.494 e. The van der Waals surface area contributed by atoms with E-state index in [1.54, 1.807) is 18.2 Å². The van der Waals surface area contributed by atoms with Gasteiger partial charge in [-0.3, -0.25) is 5.10 Å². The van der Waals surface area contributed by atoms with Crippen molar-refractivity contribution in [3.8, 4) is 34.2 Å². The van der Waals surface area contributed by atoms with E-state index in [9.17, 15) is 12.8 Å². The molecule has 3 N–H and O–H groups in total. The zero-order valence-corrected chi connectivity index (χ0v) is 15.8. The van der Waals surface area contributed by atoms with E-state index in [4.69, 9.17) is 15.1 Å². The molecule has 0 bridgehead atoms. The lowest BCUT2D eigenvalue weighted by Crippen LogP contribution is -2.11. The van der Waals surface area contributed by atoms with Gasteiger partial charge < -0.3 is 4.74 Å². The van der Waals surface area contributed by atoms with Crippen LogP contribution in [0.4, 0.5) is 4.39 Å². The van der Waals surface area contributed by atoms with Crippen LogP contribution in [0.2, 0.25) is 0 Å². The molecule has 0 aliphatic rings. The average molecular weight is 400 g/mol. The summed E-state index contributed by atoms with van der Waals surface area (Å²) >= 11 is 0. The lowest BCUT2D eigenvalue weighted by atomic mass is 9.97. The fraction of sp³-hybridized carbons (Fsp3) is 0.158. The topological polar surface area (TPSA) is 122 Å². The third-order valence-corrected chi connectivity index (χ3v) is 5.15. The van der Waals surface area contributed by atoms with Gasteiger partial charge in [0.25, 0.3) is 0 Å². The summed E-state index contributed by atoms with van der Waals surface area (Å²) in [6.07, 6.45) is 0.666. The molecular formula is C19H17FN4O3S. The van der Waals surface area contributed by atoms with Crippen LogP contribution in [0.15, 0.2) is 47.4 Å². The highest BCUT2D eigenvalue weighted by Crippen LogP contribution is 2.35. The molecule has 144 valence electrons. The molecule has 28 heavy (non-hydrogen) atoms. The molecule has 0 radical (unpaired) electrons. The van der Waals surface area contributed by atoms with Crippen molar-refractivity contribution in [2.24, 2.45) is 5.14 Å². The molecule has 0 unspecified atom stereocenters. The van der Waals surface area contributed by atoms with Gasteiger partial charge in [-0.25, -0.2) is 17.9 Å². The highest BCUT2D eigenvalue weighted by Gasteiger charge is 2.19. The smallest absolute Gasteiger partial charge is 0.238 e. The Balaban J connectivity index is 2.13. The van der Waals surface area contributed by atoms with Gasteiger partial charge >= 0.3 is 0 Å². The second-order valence-corrected chi connectivity index (χ2v) is 7.56. The Morgan fingerprint density at radius 3 is 2.46 bits per heavy atom. The van der Waals surface area contributed by atoms with E-state index in [1.807, 2.05) is 0 Å². The maximum absolute atomic E-state index is 14.3. The summed E-state index contributed by atoms with van der Waals surface area (Å²) in [6.45, 7) is 0. The molecule has 1 heterocycles. The Kier molecular flexibility index (Phi) is 5.44. The van der Waals surface area contributed by atoms with Crippen LogP contribution in [0.25, 0.3) is 22.4 Å². The molecule has 0 fully saturated rings. The summed E-state index contributed by atoms with van der Waals surface area (Å²) < 4.78 is 42.1. The summed E-state index contributed by atoms with van der Waals surface area (Å²) in [5.74, 6) is -0.409. The summed E-state index contributed by atoms with van der Waals surface area (Å²) in [5.41, 5.74) is 3.01. The first-order valence-corrected chi connectivity index (χ1v) is 9.81. The second kappa shape index (κ2) is 7.80. The Morgan fingerprint density at radius 1 is 1.21 bits per heavy atom. The van der Waals surface area contributed by atoms with Crippen LogP contribution in [-0.2, 0) is 16.4 Å². The molecule has 1 aromatic heterocycles. The van der Waals surface area contributed by atoms with Crippen molar-refractivity contribution in [3.05, 3.63) is 54.0 Å². The molecule has 0 saturated carbocycles. The van der Waals surface area contributed by atoms with Crippen molar-refractivity contribution >= 4 is 10.0 Å². The minimum atomic E-state index is -3.81. The normalized spacial score (nSPS) is 11.2. The van der Waals surface area contributed by atoms with E-state index >= 15 is 0 Å². The maximum Gasteiger partial charge on any atom is 0.238 e. The fourth-order valence-electron chi connectivity index (χ4n) is 2.88. The zero-order valence-electron chi connectivity index (χ0n) is 14.9. The second-order valence-electron chi connectivity index (χ2n) is 6.00. The van der Waals surface area contributed by atoms with Crippen LogP contribution in [0.3, 0.4) is 0 Å². The molecule has 0 saturated heterocycles. The highest BCUT2D eigenvalue weighted by atomic mass is 32.2. The number of halogens is 1. The number of aromatic nitrogens is 2. The average Bonchev–Trinajstić information content (AvgIpc) is 3.09. The van der Waals surface area contributed by atoms with E-state index in [1.165, 1.54) is 31.4 Å². The monoisotopic (exact) mass is 400 g/mol. The van der Waals surface area contributed by atoms with E-state index in [0.29, 0.717) is 34.5 Å². The van der Waals surface area contributed by atoms with Crippen molar-refractivity contribution in [1.82, 2.24) is 10.2 Å². The van der Waals surface area contributed by atoms with Crippen LogP contribution in [0.1, 0.15) is 12.1 Å². The first kappa shape index (κ1) is 19.5. The number of nitrogens with one attached hydrogen (secondary N) is 1. The number of H-pyrrole nitrogens is 1. The summed E-state index contributed by atoms with van der Waals surface area (Å²) in [7, 11) is -2.43. The largest absolute Gasteiger partial charge is 0.494 e. The number of primary sulfonamides is 1. The molecule has 3 aromatic rings. The minimum absolute atomic E-state index is 0.0199. The van der Waals surface area contributed by atoms with Gasteiger partial charge in [0.15, 0.2) is 11.6 Å². The summed E-state index contributed by atoms with van der Waals surface area (Å²) in [4.78, 5) is -0.0199. The number of hydrogen-bond donors (Lipinski definition) is 2. The molecule has 0 aliphatic heterocycles. The van der Waals surface area contributed by atoms with Crippen molar-refractivity contribution in [1.29, 1.82) is 5.26 Å². The number of rotatable bonds is 6. The van der Waals surface area contributed by atoms with Gasteiger partial charge in [-0.1, -0.05) is 18.2 Å². The van der Waals surface area contributed by atoms with Gasteiger partial charge in [-0.15, -0.1) is 0 Å². The van der Waals surface area contributed by atoms with Gasteiger partial charge in [0.05, 0.1) is 18.1 Å². The number of aromatic amines is 1. The molecular weight excluding hydrogens is 383 g/mol. The first-order chi connectivity index (χ1) is 13.3. The van der Waals surface area contributed by atoms with Gasteiger partial charge in [-0.2, -0.15) is 10.4 Å². The first-order valence-electron chi connectivity index (χ1n) is 8.26. The zero-order chi connectivity index (χ0) is 20.3. The number of nitrogens with zero attached hydrogens (tertiary/aromatic N) is 2. The maximum atomic E-state index is 14.3. The Morgan fingerprint density at radius 2 is 1.89 bits per heavy atom. The number of nitrogens with two attached hydrogens (primary N) is 1. The lowest BCUT2D eigenvalue weighted by Gasteiger charge is -2.09. The molecule has 0 amide bonds. The van der Waals surface area contributed by atoms with Crippen LogP contribution in [0.5, 0.6) is 5.75 Å². The Bertz CT molecular complexity index is 1150. The van der Waals surface area contributed by atoms with E-state index < -0.39 is 15.8 Å². The van der Waals surface area contributed by atoms with Gasteiger partial charge in [0, 0.05) is 29.7 Å². The van der Waals surface area contributed by atoms with Crippen LogP contribution >= 0.6 is 0 Å². The van der Waals surface area contributed by atoms with Crippen molar-refractivity contribution in [2.75, 3.05) is 7.11 Å². The number of aryl methyl sites for hydroxylation is 1. The quantitative estimate of drug-likeness (QED) is 0.659. The van der Waals surface area contributed by atoms with E-state index in [-0.39, 0.29) is 17.1 Å². The van der Waals surface area contributed by atoms with E-state index in [0.717, 1.165) is 0 Å². The molecule has 7 nitrogen and oxygen atoms in total. The molecule has 9 heteroatoms. The predicted octanol–water partition coefficient (Wildman–Crippen LogP) is 2.99. The third-order valence-electron chi connectivity index (χ3n) is 4.22. The molecule has 0 atom stereocenters. The third kappa shape index (κ3) is 3.88. The molecule has 0 spiro atoms. The van der Waals surface area contributed by atoms with Gasteiger partial charge in [0.2, 0.25) is 10.0 Å². The predicted molar refractivity (Wildman–Crippen MR) is 101 cm³/mol.